The standard InChI is InChI=1S/C21H28N2O2/c1-16-7-4-5-9-19(16)25-20-18(8-6-11-23-20)15-22-14-17-10-12-24-21(2,3)13-17/h4-9,11,17,22H,10,12-15H2,1-3H3/t17-/m0/s1. The normalized spacial score (nSPS) is 19.6. The fourth-order valence-electron chi connectivity index (χ4n) is 3.37. The summed E-state index contributed by atoms with van der Waals surface area (Å²) >= 11 is 0. The van der Waals surface area contributed by atoms with E-state index in [0.29, 0.717) is 11.8 Å². The van der Waals surface area contributed by atoms with Crippen molar-refractivity contribution in [3.05, 3.63) is 53.7 Å². The zero-order valence-corrected chi connectivity index (χ0v) is 15.4. The molecule has 4 heteroatoms. The third-order valence-electron chi connectivity index (χ3n) is 4.70. The summed E-state index contributed by atoms with van der Waals surface area (Å²) in [6, 6.07) is 12.0. The van der Waals surface area contributed by atoms with Crippen molar-refractivity contribution in [2.45, 2.75) is 45.8 Å². The molecule has 1 aliphatic heterocycles. The summed E-state index contributed by atoms with van der Waals surface area (Å²) < 4.78 is 11.8. The molecule has 1 saturated heterocycles. The molecule has 0 saturated carbocycles. The Hall–Kier alpha value is -1.91. The summed E-state index contributed by atoms with van der Waals surface area (Å²) in [4.78, 5) is 4.42. The van der Waals surface area contributed by atoms with Gasteiger partial charge in [-0.25, -0.2) is 4.98 Å². The fraction of sp³-hybridized carbons (Fsp3) is 0.476. The van der Waals surface area contributed by atoms with Gasteiger partial charge in [-0.1, -0.05) is 24.3 Å². The first-order valence-corrected chi connectivity index (χ1v) is 9.05. The minimum Gasteiger partial charge on any atom is -0.438 e. The third kappa shape index (κ3) is 5.03. The molecule has 3 rings (SSSR count). The second-order valence-corrected chi connectivity index (χ2v) is 7.43. The van der Waals surface area contributed by atoms with Gasteiger partial charge in [0.2, 0.25) is 5.88 Å². The Morgan fingerprint density at radius 3 is 2.88 bits per heavy atom. The molecule has 1 N–H and O–H groups in total. The van der Waals surface area contributed by atoms with Crippen molar-refractivity contribution < 1.29 is 9.47 Å². The molecule has 0 amide bonds. The number of nitrogens with zero attached hydrogens (tertiary/aromatic N) is 1. The molecule has 0 unspecified atom stereocenters. The van der Waals surface area contributed by atoms with Crippen molar-refractivity contribution in [2.24, 2.45) is 5.92 Å². The summed E-state index contributed by atoms with van der Waals surface area (Å²) in [5.41, 5.74) is 2.19. The number of aryl methyl sites for hydroxylation is 1. The molecule has 2 aromatic rings. The average Bonchev–Trinajstić information content (AvgIpc) is 2.57. The van der Waals surface area contributed by atoms with Crippen LogP contribution >= 0.6 is 0 Å². The van der Waals surface area contributed by atoms with Crippen LogP contribution < -0.4 is 10.1 Å². The van der Waals surface area contributed by atoms with Gasteiger partial charge in [0.05, 0.1) is 5.60 Å². The Bertz CT molecular complexity index is 700. The van der Waals surface area contributed by atoms with Gasteiger partial charge < -0.3 is 14.8 Å². The predicted molar refractivity (Wildman–Crippen MR) is 100.0 cm³/mol. The molecule has 134 valence electrons. The van der Waals surface area contributed by atoms with E-state index in [1.807, 2.05) is 37.3 Å². The number of ether oxygens (including phenoxy) is 2. The van der Waals surface area contributed by atoms with Gasteiger partial charge in [-0.3, -0.25) is 0 Å². The van der Waals surface area contributed by atoms with E-state index in [-0.39, 0.29) is 5.60 Å². The van der Waals surface area contributed by atoms with Crippen molar-refractivity contribution in [1.29, 1.82) is 0 Å². The van der Waals surface area contributed by atoms with Gasteiger partial charge in [0.15, 0.2) is 0 Å². The van der Waals surface area contributed by atoms with Crippen molar-refractivity contribution in [1.82, 2.24) is 10.3 Å². The predicted octanol–water partition coefficient (Wildman–Crippen LogP) is 4.48. The lowest BCUT2D eigenvalue weighted by atomic mass is 9.88. The maximum Gasteiger partial charge on any atom is 0.223 e. The Labute approximate surface area is 150 Å². The number of rotatable bonds is 6. The minimum absolute atomic E-state index is 0.00198. The molecule has 25 heavy (non-hydrogen) atoms. The van der Waals surface area contributed by atoms with Crippen molar-refractivity contribution in [3.63, 3.8) is 0 Å². The highest BCUT2D eigenvalue weighted by molar-refractivity contribution is 5.37. The number of pyridine rings is 1. The lowest BCUT2D eigenvalue weighted by molar-refractivity contribution is -0.0718. The molecule has 0 bridgehead atoms. The number of hydrogen-bond donors (Lipinski definition) is 1. The van der Waals surface area contributed by atoms with Crippen LogP contribution in [0.15, 0.2) is 42.6 Å². The van der Waals surface area contributed by atoms with E-state index in [2.05, 4.69) is 30.2 Å². The summed E-state index contributed by atoms with van der Waals surface area (Å²) in [5, 5.41) is 3.57. The van der Waals surface area contributed by atoms with E-state index < -0.39 is 0 Å². The monoisotopic (exact) mass is 340 g/mol. The van der Waals surface area contributed by atoms with Crippen LogP contribution in [-0.4, -0.2) is 23.7 Å². The number of benzene rings is 1. The third-order valence-corrected chi connectivity index (χ3v) is 4.70. The highest BCUT2D eigenvalue weighted by atomic mass is 16.5. The molecule has 1 fully saturated rings. The molecule has 1 aromatic heterocycles. The molecule has 4 nitrogen and oxygen atoms in total. The first-order valence-electron chi connectivity index (χ1n) is 9.05. The van der Waals surface area contributed by atoms with Gasteiger partial charge in [0, 0.05) is 24.9 Å². The van der Waals surface area contributed by atoms with E-state index in [9.17, 15) is 0 Å². The molecule has 2 heterocycles. The molecule has 1 aromatic carbocycles. The molecular weight excluding hydrogens is 312 g/mol. The smallest absolute Gasteiger partial charge is 0.223 e. The first kappa shape index (κ1) is 17.9. The van der Waals surface area contributed by atoms with Crippen LogP contribution in [0.2, 0.25) is 0 Å². The summed E-state index contributed by atoms with van der Waals surface area (Å²) in [6.07, 6.45) is 3.99. The highest BCUT2D eigenvalue weighted by Gasteiger charge is 2.28. The largest absolute Gasteiger partial charge is 0.438 e. The van der Waals surface area contributed by atoms with Crippen LogP contribution in [0.4, 0.5) is 0 Å². The quantitative estimate of drug-likeness (QED) is 0.842. The fourth-order valence-corrected chi connectivity index (χ4v) is 3.37. The molecule has 1 aliphatic rings. The van der Waals surface area contributed by atoms with Gasteiger partial charge in [-0.2, -0.15) is 0 Å². The molecule has 0 aliphatic carbocycles. The van der Waals surface area contributed by atoms with Crippen LogP contribution in [0.5, 0.6) is 11.6 Å². The zero-order valence-electron chi connectivity index (χ0n) is 15.4. The molecular formula is C21H28N2O2. The molecule has 0 radical (unpaired) electrons. The van der Waals surface area contributed by atoms with Crippen LogP contribution in [0, 0.1) is 12.8 Å². The van der Waals surface area contributed by atoms with E-state index in [1.165, 1.54) is 0 Å². The Morgan fingerprint density at radius 1 is 1.24 bits per heavy atom. The van der Waals surface area contributed by atoms with Crippen molar-refractivity contribution in [2.75, 3.05) is 13.2 Å². The van der Waals surface area contributed by atoms with Crippen LogP contribution in [0.1, 0.15) is 37.8 Å². The topological polar surface area (TPSA) is 43.4 Å². The Kier molecular flexibility index (Phi) is 5.71. The maximum absolute atomic E-state index is 6.04. The van der Waals surface area contributed by atoms with Gasteiger partial charge >= 0.3 is 0 Å². The lowest BCUT2D eigenvalue weighted by Gasteiger charge is -2.35. The van der Waals surface area contributed by atoms with Gasteiger partial charge in [0.25, 0.3) is 0 Å². The number of para-hydroxylation sites is 1. The zero-order chi connectivity index (χ0) is 17.7. The molecule has 0 spiro atoms. The molecule has 1 atom stereocenters. The van der Waals surface area contributed by atoms with Crippen molar-refractivity contribution in [3.8, 4) is 11.6 Å². The van der Waals surface area contributed by atoms with Crippen LogP contribution in [0.3, 0.4) is 0 Å². The Morgan fingerprint density at radius 2 is 2.08 bits per heavy atom. The van der Waals surface area contributed by atoms with Crippen molar-refractivity contribution >= 4 is 0 Å². The highest BCUT2D eigenvalue weighted by Crippen LogP contribution is 2.29. The minimum atomic E-state index is -0.00198. The maximum atomic E-state index is 6.04. The van der Waals surface area contributed by atoms with Gasteiger partial charge in [0.1, 0.15) is 5.75 Å². The Balaban J connectivity index is 1.59. The van der Waals surface area contributed by atoms with E-state index >= 15 is 0 Å². The van der Waals surface area contributed by atoms with E-state index in [1.54, 1.807) is 6.20 Å². The summed E-state index contributed by atoms with van der Waals surface area (Å²) in [6.45, 7) is 9.00. The number of aromatic nitrogens is 1. The first-order chi connectivity index (χ1) is 12.0. The van der Waals surface area contributed by atoms with Crippen LogP contribution in [-0.2, 0) is 11.3 Å². The SMILES string of the molecule is Cc1ccccc1Oc1ncccc1CNC[C@H]1CCOC(C)(C)C1. The van der Waals surface area contributed by atoms with Crippen LogP contribution in [0.25, 0.3) is 0 Å². The summed E-state index contributed by atoms with van der Waals surface area (Å²) in [7, 11) is 0. The average molecular weight is 340 g/mol. The number of hydrogen-bond acceptors (Lipinski definition) is 4. The van der Waals surface area contributed by atoms with Gasteiger partial charge in [-0.05, 0) is 63.8 Å². The van der Waals surface area contributed by atoms with E-state index in [0.717, 1.165) is 49.4 Å². The van der Waals surface area contributed by atoms with Gasteiger partial charge in [-0.15, -0.1) is 0 Å². The summed E-state index contributed by atoms with van der Waals surface area (Å²) in [5.74, 6) is 2.19. The van der Waals surface area contributed by atoms with E-state index in [4.69, 9.17) is 9.47 Å². The number of nitrogens with one attached hydrogen (secondary N) is 1. The second kappa shape index (κ2) is 7.98. The lowest BCUT2D eigenvalue weighted by Crippen LogP contribution is -2.37. The second-order valence-electron chi connectivity index (χ2n) is 7.43.